The number of benzene rings is 2. The molecule has 0 fully saturated rings. The van der Waals surface area contributed by atoms with E-state index >= 15 is 0 Å². The van der Waals surface area contributed by atoms with Gasteiger partial charge in [0.2, 0.25) is 0 Å². The van der Waals surface area contributed by atoms with Gasteiger partial charge in [-0.25, -0.2) is 9.97 Å². The average molecular weight is 471 g/mol. The van der Waals surface area contributed by atoms with Crippen LogP contribution in [0.4, 0.5) is 0 Å². The molecule has 0 spiro atoms. The van der Waals surface area contributed by atoms with E-state index in [1.807, 2.05) is 78.9 Å². The van der Waals surface area contributed by atoms with Crippen LogP contribution in [0.1, 0.15) is 34.0 Å². The van der Waals surface area contributed by atoms with Crippen molar-refractivity contribution < 1.29 is 4.79 Å². The molecule has 8 heteroatoms. The first-order chi connectivity index (χ1) is 16.5. The van der Waals surface area contributed by atoms with E-state index in [9.17, 15) is 4.79 Å². The molecule has 5 rings (SSSR count). The number of hydrogen-bond acceptors (Lipinski definition) is 5. The highest BCUT2D eigenvalue weighted by molar-refractivity contribution is 6.33. The van der Waals surface area contributed by atoms with Crippen molar-refractivity contribution in [2.24, 2.45) is 0 Å². The van der Waals surface area contributed by atoms with Crippen LogP contribution in [0.15, 0.2) is 60.7 Å². The van der Waals surface area contributed by atoms with E-state index in [1.165, 1.54) is 0 Å². The van der Waals surface area contributed by atoms with E-state index in [2.05, 4.69) is 20.5 Å². The molecule has 2 aromatic carbocycles. The van der Waals surface area contributed by atoms with Gasteiger partial charge in [0, 0.05) is 40.3 Å². The molecule has 3 aromatic heterocycles. The lowest BCUT2D eigenvalue weighted by Gasteiger charge is -2.11. The van der Waals surface area contributed by atoms with Crippen LogP contribution in [-0.4, -0.2) is 37.0 Å². The molecule has 0 aliphatic rings. The Kier molecular flexibility index (Phi) is 5.94. The summed E-state index contributed by atoms with van der Waals surface area (Å²) in [6, 6.07) is 19.0. The summed E-state index contributed by atoms with van der Waals surface area (Å²) in [5.41, 5.74) is 4.74. The molecule has 3 heterocycles. The molecule has 0 atom stereocenters. The monoisotopic (exact) mass is 470 g/mol. The van der Waals surface area contributed by atoms with Gasteiger partial charge in [0.05, 0.1) is 16.8 Å². The number of aryl methyl sites for hydroxylation is 3. The van der Waals surface area contributed by atoms with Gasteiger partial charge in [-0.3, -0.25) is 9.20 Å². The smallest absolute Gasteiger partial charge is 0.255 e. The Bertz CT molecular complexity index is 1530. The van der Waals surface area contributed by atoms with Crippen molar-refractivity contribution in [3.05, 3.63) is 88.5 Å². The lowest BCUT2D eigenvalue weighted by atomic mass is 10.0. The van der Waals surface area contributed by atoms with Crippen molar-refractivity contribution in [3.63, 3.8) is 0 Å². The Morgan fingerprint density at radius 3 is 2.65 bits per heavy atom. The number of fused-ring (bicyclic) bond motifs is 2. The molecule has 0 radical (unpaired) electrons. The summed E-state index contributed by atoms with van der Waals surface area (Å²) < 4.78 is 1.96. The highest BCUT2D eigenvalue weighted by Gasteiger charge is 2.15. The van der Waals surface area contributed by atoms with E-state index in [0.29, 0.717) is 35.0 Å². The van der Waals surface area contributed by atoms with Gasteiger partial charge in [-0.05, 0) is 44.5 Å². The second-order valence-electron chi connectivity index (χ2n) is 8.20. The number of amides is 1. The van der Waals surface area contributed by atoms with Crippen molar-refractivity contribution >= 4 is 34.2 Å². The molecule has 7 nitrogen and oxygen atoms in total. The van der Waals surface area contributed by atoms with Gasteiger partial charge in [-0.2, -0.15) is 0 Å². The standard InChI is InChI=1S/C26H23ClN6O/c1-16-14-17(2)33-24(31-32-26(33)29-16)12-7-13-28-25(34)20-15-23(19-9-3-5-10-21(19)27)30-22-11-6-4-8-18(20)22/h3-6,8-11,14-15H,7,12-13H2,1-2H3,(H,28,34). The van der Waals surface area contributed by atoms with Crippen molar-refractivity contribution in [3.8, 4) is 11.3 Å². The molecule has 0 aliphatic heterocycles. The van der Waals surface area contributed by atoms with Gasteiger partial charge >= 0.3 is 0 Å². The normalized spacial score (nSPS) is 11.3. The summed E-state index contributed by atoms with van der Waals surface area (Å²) in [7, 11) is 0. The van der Waals surface area contributed by atoms with Gasteiger partial charge < -0.3 is 5.32 Å². The van der Waals surface area contributed by atoms with Crippen LogP contribution in [0, 0.1) is 13.8 Å². The number of para-hydroxylation sites is 1. The van der Waals surface area contributed by atoms with Gasteiger partial charge in [-0.1, -0.05) is 48.0 Å². The Morgan fingerprint density at radius 1 is 1.00 bits per heavy atom. The number of carbonyl (C=O) groups is 1. The fraction of sp³-hybridized carbons (Fsp3) is 0.192. The number of aromatic nitrogens is 5. The van der Waals surface area contributed by atoms with Crippen LogP contribution in [0.2, 0.25) is 5.02 Å². The van der Waals surface area contributed by atoms with E-state index in [4.69, 9.17) is 16.6 Å². The first kappa shape index (κ1) is 22.0. The molecule has 0 unspecified atom stereocenters. The van der Waals surface area contributed by atoms with Gasteiger partial charge in [0.25, 0.3) is 11.7 Å². The Balaban J connectivity index is 1.34. The molecule has 1 N–H and O–H groups in total. The second-order valence-corrected chi connectivity index (χ2v) is 8.61. The minimum Gasteiger partial charge on any atom is -0.352 e. The molecule has 0 bridgehead atoms. The van der Waals surface area contributed by atoms with Crippen LogP contribution in [0.3, 0.4) is 0 Å². The summed E-state index contributed by atoms with van der Waals surface area (Å²) >= 11 is 6.40. The van der Waals surface area contributed by atoms with Crippen molar-refractivity contribution in [1.29, 1.82) is 0 Å². The summed E-state index contributed by atoms with van der Waals surface area (Å²) in [4.78, 5) is 22.3. The Hall–Kier alpha value is -3.84. The largest absolute Gasteiger partial charge is 0.352 e. The first-order valence-corrected chi connectivity index (χ1v) is 11.5. The second kappa shape index (κ2) is 9.19. The van der Waals surface area contributed by atoms with Gasteiger partial charge in [0.1, 0.15) is 5.82 Å². The molecule has 34 heavy (non-hydrogen) atoms. The number of nitrogens with one attached hydrogen (secondary N) is 1. The fourth-order valence-electron chi connectivity index (χ4n) is 4.17. The third-order valence-corrected chi connectivity index (χ3v) is 6.06. The van der Waals surface area contributed by atoms with Crippen molar-refractivity contribution in [2.45, 2.75) is 26.7 Å². The number of halogens is 1. The molecule has 170 valence electrons. The number of rotatable bonds is 6. The lowest BCUT2D eigenvalue weighted by Crippen LogP contribution is -2.25. The van der Waals surface area contributed by atoms with Gasteiger partial charge in [-0.15, -0.1) is 10.2 Å². The van der Waals surface area contributed by atoms with Crippen LogP contribution >= 0.6 is 11.6 Å². The highest BCUT2D eigenvalue weighted by Crippen LogP contribution is 2.29. The molecule has 5 aromatic rings. The minimum atomic E-state index is -0.147. The van der Waals surface area contributed by atoms with Crippen LogP contribution in [0.5, 0.6) is 0 Å². The predicted octanol–water partition coefficient (Wildman–Crippen LogP) is 4.97. The Labute approximate surface area is 201 Å². The molecule has 0 aliphatic carbocycles. The zero-order chi connectivity index (χ0) is 23.7. The van der Waals surface area contributed by atoms with E-state index in [0.717, 1.165) is 40.1 Å². The van der Waals surface area contributed by atoms with Crippen LogP contribution < -0.4 is 5.32 Å². The van der Waals surface area contributed by atoms with E-state index < -0.39 is 0 Å². The van der Waals surface area contributed by atoms with E-state index in [-0.39, 0.29) is 5.91 Å². The number of hydrogen-bond donors (Lipinski definition) is 1. The van der Waals surface area contributed by atoms with E-state index in [1.54, 1.807) is 0 Å². The third kappa shape index (κ3) is 4.22. The molecule has 1 amide bonds. The minimum absolute atomic E-state index is 0.147. The number of nitrogens with zero attached hydrogens (tertiary/aromatic N) is 5. The van der Waals surface area contributed by atoms with Crippen molar-refractivity contribution in [2.75, 3.05) is 6.54 Å². The average Bonchev–Trinajstić information content (AvgIpc) is 3.24. The summed E-state index contributed by atoms with van der Waals surface area (Å²) in [5.74, 6) is 1.29. The maximum Gasteiger partial charge on any atom is 0.255 e. The Morgan fingerprint density at radius 2 is 1.79 bits per heavy atom. The summed E-state index contributed by atoms with van der Waals surface area (Å²) in [6.07, 6.45) is 1.40. The maximum atomic E-state index is 13.2. The maximum absolute atomic E-state index is 13.2. The zero-order valence-corrected chi connectivity index (χ0v) is 19.7. The fourth-order valence-corrected chi connectivity index (χ4v) is 4.41. The summed E-state index contributed by atoms with van der Waals surface area (Å²) in [5, 5.41) is 12.9. The lowest BCUT2D eigenvalue weighted by molar-refractivity contribution is 0.0954. The topological polar surface area (TPSA) is 85.1 Å². The van der Waals surface area contributed by atoms with Crippen LogP contribution in [0.25, 0.3) is 27.9 Å². The van der Waals surface area contributed by atoms with Crippen LogP contribution in [-0.2, 0) is 6.42 Å². The van der Waals surface area contributed by atoms with Crippen molar-refractivity contribution in [1.82, 2.24) is 29.9 Å². The SMILES string of the molecule is Cc1cc(C)n2c(CCCNC(=O)c3cc(-c4ccccc4Cl)nc4ccccc34)nnc2n1. The first-order valence-electron chi connectivity index (χ1n) is 11.1. The number of carbonyl (C=O) groups excluding carboxylic acids is 1. The quantitative estimate of drug-likeness (QED) is 0.354. The highest BCUT2D eigenvalue weighted by atomic mass is 35.5. The zero-order valence-electron chi connectivity index (χ0n) is 18.9. The van der Waals surface area contributed by atoms with Gasteiger partial charge in [0.15, 0.2) is 0 Å². The molecular formula is C26H23ClN6O. The molecule has 0 saturated carbocycles. The molecular weight excluding hydrogens is 448 g/mol. The predicted molar refractivity (Wildman–Crippen MR) is 133 cm³/mol. The number of pyridine rings is 1. The third-order valence-electron chi connectivity index (χ3n) is 5.73. The molecule has 0 saturated heterocycles. The summed E-state index contributed by atoms with van der Waals surface area (Å²) in [6.45, 7) is 4.46.